The molecule has 4 heteroatoms. The third kappa shape index (κ3) is 2.40. The lowest BCUT2D eigenvalue weighted by atomic mass is 10.1. The molecule has 0 saturated carbocycles. The van der Waals surface area contributed by atoms with Crippen LogP contribution in [0.1, 0.15) is 12.5 Å². The number of carboxylic acid groups (broad SMARTS) is 1. The molecule has 0 aliphatic rings. The van der Waals surface area contributed by atoms with Crippen LogP contribution in [0.15, 0.2) is 60.2 Å². The standard InChI is InChI=1S/C18H14ClNO2/c1-12(18(21)22)11-15-14-9-5-6-10-16(14)20(17(15)19)13-7-3-2-4-8-13/h2-11H,1H3,(H,21,22)/b12-11+. The normalized spacial score (nSPS) is 11.8. The van der Waals surface area contributed by atoms with E-state index in [1.165, 1.54) is 0 Å². The highest BCUT2D eigenvalue weighted by Crippen LogP contribution is 2.34. The number of hydrogen-bond acceptors (Lipinski definition) is 1. The Labute approximate surface area is 133 Å². The topological polar surface area (TPSA) is 42.2 Å². The third-order valence-corrected chi connectivity index (χ3v) is 3.94. The predicted octanol–water partition coefficient (Wildman–Crippen LogP) is 4.77. The van der Waals surface area contributed by atoms with Gasteiger partial charge in [0.25, 0.3) is 0 Å². The van der Waals surface area contributed by atoms with Crippen molar-refractivity contribution in [1.29, 1.82) is 0 Å². The number of aromatic nitrogens is 1. The molecule has 0 saturated heterocycles. The van der Waals surface area contributed by atoms with E-state index in [1.54, 1.807) is 13.0 Å². The zero-order chi connectivity index (χ0) is 15.7. The van der Waals surface area contributed by atoms with Crippen molar-refractivity contribution >= 4 is 34.5 Å². The first kappa shape index (κ1) is 14.4. The van der Waals surface area contributed by atoms with Gasteiger partial charge in [-0.1, -0.05) is 48.0 Å². The number of carbonyl (C=O) groups is 1. The van der Waals surface area contributed by atoms with E-state index in [0.717, 1.165) is 22.2 Å². The summed E-state index contributed by atoms with van der Waals surface area (Å²) >= 11 is 6.56. The number of fused-ring (bicyclic) bond motifs is 1. The van der Waals surface area contributed by atoms with Crippen LogP contribution in [0, 0.1) is 0 Å². The highest BCUT2D eigenvalue weighted by molar-refractivity contribution is 6.33. The molecule has 1 aromatic heterocycles. The summed E-state index contributed by atoms with van der Waals surface area (Å²) in [6.45, 7) is 1.56. The van der Waals surface area contributed by atoms with Gasteiger partial charge >= 0.3 is 5.97 Å². The van der Waals surface area contributed by atoms with Crippen LogP contribution in [0.2, 0.25) is 5.15 Å². The molecule has 0 aliphatic carbocycles. The number of halogens is 1. The molecule has 3 rings (SSSR count). The van der Waals surface area contributed by atoms with Gasteiger partial charge in [-0.2, -0.15) is 0 Å². The van der Waals surface area contributed by atoms with E-state index in [2.05, 4.69) is 0 Å². The van der Waals surface area contributed by atoms with Gasteiger partial charge in [-0.3, -0.25) is 4.57 Å². The van der Waals surface area contributed by atoms with E-state index in [0.29, 0.717) is 5.15 Å². The van der Waals surface area contributed by atoms with Crippen LogP contribution in [0.3, 0.4) is 0 Å². The number of carboxylic acids is 1. The monoisotopic (exact) mass is 311 g/mol. The molecule has 0 unspecified atom stereocenters. The molecule has 3 aromatic rings. The minimum absolute atomic E-state index is 0.248. The quantitative estimate of drug-likeness (QED) is 0.708. The Morgan fingerprint density at radius 2 is 1.73 bits per heavy atom. The number of hydrogen-bond donors (Lipinski definition) is 1. The Hall–Kier alpha value is -2.52. The number of aliphatic carboxylic acids is 1. The van der Waals surface area contributed by atoms with Crippen molar-refractivity contribution in [3.05, 3.63) is 70.9 Å². The number of nitrogens with zero attached hydrogens (tertiary/aromatic N) is 1. The van der Waals surface area contributed by atoms with Crippen LogP contribution in [-0.4, -0.2) is 15.6 Å². The molecule has 2 aromatic carbocycles. The van der Waals surface area contributed by atoms with Crippen LogP contribution < -0.4 is 0 Å². The molecule has 3 nitrogen and oxygen atoms in total. The molecule has 0 bridgehead atoms. The molecule has 0 spiro atoms. The van der Waals surface area contributed by atoms with Crippen molar-refractivity contribution in [3.8, 4) is 5.69 Å². The second-order valence-corrected chi connectivity index (χ2v) is 5.38. The van der Waals surface area contributed by atoms with Crippen LogP contribution in [0.25, 0.3) is 22.7 Å². The Bertz CT molecular complexity index is 879. The fraction of sp³-hybridized carbons (Fsp3) is 0.0556. The van der Waals surface area contributed by atoms with Crippen molar-refractivity contribution in [2.45, 2.75) is 6.92 Å². The van der Waals surface area contributed by atoms with E-state index in [4.69, 9.17) is 16.7 Å². The van der Waals surface area contributed by atoms with E-state index >= 15 is 0 Å². The molecule has 0 atom stereocenters. The summed E-state index contributed by atoms with van der Waals surface area (Å²) in [6.07, 6.45) is 1.62. The molecule has 0 fully saturated rings. The second kappa shape index (κ2) is 5.70. The van der Waals surface area contributed by atoms with E-state index in [9.17, 15) is 4.79 Å². The molecule has 110 valence electrons. The summed E-state index contributed by atoms with van der Waals surface area (Å²) in [5.41, 5.74) is 2.86. The van der Waals surface area contributed by atoms with Crippen molar-refractivity contribution in [2.75, 3.05) is 0 Å². The second-order valence-electron chi connectivity index (χ2n) is 5.03. The van der Waals surface area contributed by atoms with Crippen LogP contribution >= 0.6 is 11.6 Å². The van der Waals surface area contributed by atoms with Crippen LogP contribution in [0.4, 0.5) is 0 Å². The van der Waals surface area contributed by atoms with Crippen molar-refractivity contribution in [3.63, 3.8) is 0 Å². The maximum Gasteiger partial charge on any atom is 0.331 e. The lowest BCUT2D eigenvalue weighted by Crippen LogP contribution is -1.96. The minimum Gasteiger partial charge on any atom is -0.478 e. The third-order valence-electron chi connectivity index (χ3n) is 3.57. The molecule has 0 aliphatic heterocycles. The molecule has 22 heavy (non-hydrogen) atoms. The maximum absolute atomic E-state index is 11.1. The van der Waals surface area contributed by atoms with E-state index < -0.39 is 5.97 Å². The average molecular weight is 312 g/mol. The predicted molar refractivity (Wildman–Crippen MR) is 89.6 cm³/mol. The van der Waals surface area contributed by atoms with Crippen molar-refractivity contribution in [1.82, 2.24) is 4.57 Å². The summed E-state index contributed by atoms with van der Waals surface area (Å²) in [5.74, 6) is -0.951. The summed E-state index contributed by atoms with van der Waals surface area (Å²) < 4.78 is 1.93. The van der Waals surface area contributed by atoms with Crippen LogP contribution in [0.5, 0.6) is 0 Å². The molecule has 0 amide bonds. The molecular formula is C18H14ClNO2. The molecule has 0 radical (unpaired) electrons. The van der Waals surface area contributed by atoms with Gasteiger partial charge in [-0.15, -0.1) is 0 Å². The first-order valence-electron chi connectivity index (χ1n) is 6.85. The zero-order valence-corrected chi connectivity index (χ0v) is 12.7. The fourth-order valence-corrected chi connectivity index (χ4v) is 2.82. The summed E-state index contributed by atoms with van der Waals surface area (Å²) in [5, 5.41) is 10.5. The Morgan fingerprint density at radius 1 is 1.09 bits per heavy atom. The molecule has 1 heterocycles. The van der Waals surface area contributed by atoms with Gasteiger partial charge in [0.05, 0.1) is 5.52 Å². The lowest BCUT2D eigenvalue weighted by molar-refractivity contribution is -0.132. The highest BCUT2D eigenvalue weighted by atomic mass is 35.5. The Kier molecular flexibility index (Phi) is 3.73. The minimum atomic E-state index is -0.951. The maximum atomic E-state index is 11.1. The fourth-order valence-electron chi connectivity index (χ4n) is 2.48. The van der Waals surface area contributed by atoms with Gasteiger partial charge in [0.1, 0.15) is 5.15 Å². The number of para-hydroxylation sites is 2. The van der Waals surface area contributed by atoms with E-state index in [-0.39, 0.29) is 5.57 Å². The van der Waals surface area contributed by atoms with Gasteiger partial charge < -0.3 is 5.11 Å². The largest absolute Gasteiger partial charge is 0.478 e. The lowest BCUT2D eigenvalue weighted by Gasteiger charge is -2.06. The van der Waals surface area contributed by atoms with Crippen molar-refractivity contribution in [2.24, 2.45) is 0 Å². The molecular weight excluding hydrogens is 298 g/mol. The van der Waals surface area contributed by atoms with E-state index in [1.807, 2.05) is 59.2 Å². The smallest absolute Gasteiger partial charge is 0.331 e. The van der Waals surface area contributed by atoms with Gasteiger partial charge in [0, 0.05) is 22.2 Å². The average Bonchev–Trinajstić information content (AvgIpc) is 2.80. The SMILES string of the molecule is C/C(=C\c1c(Cl)n(-c2ccccc2)c2ccccc12)C(=O)O. The van der Waals surface area contributed by atoms with Gasteiger partial charge in [-0.25, -0.2) is 4.79 Å². The van der Waals surface area contributed by atoms with Crippen molar-refractivity contribution < 1.29 is 9.90 Å². The Balaban J connectivity index is 2.34. The van der Waals surface area contributed by atoms with Gasteiger partial charge in [-0.05, 0) is 31.2 Å². The number of rotatable bonds is 3. The highest BCUT2D eigenvalue weighted by Gasteiger charge is 2.16. The summed E-state index contributed by atoms with van der Waals surface area (Å²) in [7, 11) is 0. The van der Waals surface area contributed by atoms with Crippen LogP contribution in [-0.2, 0) is 4.79 Å². The molecule has 1 N–H and O–H groups in total. The summed E-state index contributed by atoms with van der Waals surface area (Å²) in [4.78, 5) is 11.1. The Morgan fingerprint density at radius 3 is 2.41 bits per heavy atom. The first-order valence-corrected chi connectivity index (χ1v) is 7.23. The van der Waals surface area contributed by atoms with Gasteiger partial charge in [0.15, 0.2) is 0 Å². The number of benzene rings is 2. The zero-order valence-electron chi connectivity index (χ0n) is 12.0. The van der Waals surface area contributed by atoms with Gasteiger partial charge in [0.2, 0.25) is 0 Å². The summed E-state index contributed by atoms with van der Waals surface area (Å²) in [6, 6.07) is 17.5. The first-order chi connectivity index (χ1) is 10.6.